The third kappa shape index (κ3) is 3.20. The maximum Gasteiger partial charge on any atom is 0.317 e. The number of hydrogen-bond acceptors (Lipinski definition) is 3. The molecule has 1 aliphatic rings. The lowest BCUT2D eigenvalue weighted by Crippen LogP contribution is -2.48. The van der Waals surface area contributed by atoms with Crippen LogP contribution in [0.3, 0.4) is 0 Å². The lowest BCUT2D eigenvalue weighted by molar-refractivity contribution is -0.123. The van der Waals surface area contributed by atoms with E-state index in [1.807, 2.05) is 13.0 Å². The molecular weight excluding hydrogens is 306 g/mol. The van der Waals surface area contributed by atoms with Gasteiger partial charge >= 0.3 is 6.03 Å². The topological polar surface area (TPSA) is 104 Å². The first-order valence-corrected chi connectivity index (χ1v) is 8.22. The number of rotatable bonds is 3. The lowest BCUT2D eigenvalue weighted by atomic mass is 9.98. The molecule has 24 heavy (non-hydrogen) atoms. The van der Waals surface area contributed by atoms with Gasteiger partial charge in [-0.15, -0.1) is 0 Å². The molecule has 128 valence electrons. The van der Waals surface area contributed by atoms with Crippen LogP contribution in [-0.2, 0) is 11.3 Å². The number of primary amides is 1. The number of likely N-dealkylation sites (tertiary alicyclic amines) is 1. The molecule has 2 aromatic rings. The van der Waals surface area contributed by atoms with Crippen LogP contribution in [0.25, 0.3) is 11.0 Å². The molecule has 3 rings (SSSR count). The van der Waals surface area contributed by atoms with Gasteiger partial charge < -0.3 is 20.9 Å². The van der Waals surface area contributed by atoms with E-state index in [1.165, 1.54) is 5.56 Å². The predicted octanol–water partition coefficient (Wildman–Crippen LogP) is 1.59. The summed E-state index contributed by atoms with van der Waals surface area (Å²) in [5.74, 6) is 0.132. The van der Waals surface area contributed by atoms with Crippen molar-refractivity contribution in [3.05, 3.63) is 29.1 Å². The van der Waals surface area contributed by atoms with Gasteiger partial charge in [-0.1, -0.05) is 6.07 Å². The van der Waals surface area contributed by atoms with Gasteiger partial charge in [-0.25, -0.2) is 9.78 Å². The highest BCUT2D eigenvalue weighted by molar-refractivity contribution is 5.81. The Balaban J connectivity index is 1.64. The van der Waals surface area contributed by atoms with E-state index in [-0.39, 0.29) is 17.9 Å². The first kappa shape index (κ1) is 16.3. The van der Waals surface area contributed by atoms with Crippen molar-refractivity contribution >= 4 is 23.0 Å². The zero-order valence-electron chi connectivity index (χ0n) is 14.1. The summed E-state index contributed by atoms with van der Waals surface area (Å²) in [6.45, 7) is 5.45. The summed E-state index contributed by atoms with van der Waals surface area (Å²) in [5.41, 5.74) is 9.59. The number of imidazole rings is 1. The highest BCUT2D eigenvalue weighted by Gasteiger charge is 2.26. The fourth-order valence-electron chi connectivity index (χ4n) is 3.11. The zero-order valence-corrected chi connectivity index (χ0v) is 14.1. The normalized spacial score (nSPS) is 17.9. The van der Waals surface area contributed by atoms with Crippen LogP contribution in [-0.4, -0.2) is 39.9 Å². The first-order chi connectivity index (χ1) is 11.5. The number of nitrogens with one attached hydrogen (secondary N) is 2. The molecule has 4 N–H and O–H groups in total. The highest BCUT2D eigenvalue weighted by Crippen LogP contribution is 2.19. The number of nitrogens with two attached hydrogens (primary N) is 1. The van der Waals surface area contributed by atoms with Gasteiger partial charge in [0.15, 0.2) is 0 Å². The Hall–Kier alpha value is -2.57. The number of urea groups is 1. The van der Waals surface area contributed by atoms with Crippen LogP contribution in [0.15, 0.2) is 12.1 Å². The second-order valence-corrected chi connectivity index (χ2v) is 6.43. The number of aryl methyl sites for hydroxylation is 2. The van der Waals surface area contributed by atoms with E-state index >= 15 is 0 Å². The van der Waals surface area contributed by atoms with Gasteiger partial charge in [0, 0.05) is 13.1 Å². The van der Waals surface area contributed by atoms with E-state index in [0.29, 0.717) is 19.6 Å². The quantitative estimate of drug-likeness (QED) is 0.796. The number of carbonyl (C=O) groups excluding carboxylic acids is 2. The molecule has 1 aromatic heterocycles. The van der Waals surface area contributed by atoms with Crippen LogP contribution < -0.4 is 11.1 Å². The van der Waals surface area contributed by atoms with E-state index in [0.717, 1.165) is 35.3 Å². The minimum atomic E-state index is -0.337. The number of H-pyrrole nitrogens is 1. The molecule has 1 fully saturated rings. The van der Waals surface area contributed by atoms with Crippen molar-refractivity contribution in [2.24, 2.45) is 11.7 Å². The van der Waals surface area contributed by atoms with Crippen molar-refractivity contribution in [3.8, 4) is 0 Å². The van der Waals surface area contributed by atoms with Gasteiger partial charge in [-0.05, 0) is 43.9 Å². The van der Waals surface area contributed by atoms with Gasteiger partial charge in [0.1, 0.15) is 5.82 Å². The molecule has 3 amide bonds. The van der Waals surface area contributed by atoms with Crippen LogP contribution in [0.4, 0.5) is 4.79 Å². The number of benzene rings is 1. The van der Waals surface area contributed by atoms with E-state index in [1.54, 1.807) is 4.90 Å². The molecule has 0 spiro atoms. The Morgan fingerprint density at radius 1 is 1.42 bits per heavy atom. The molecule has 0 aliphatic carbocycles. The highest BCUT2D eigenvalue weighted by atomic mass is 16.2. The molecule has 7 nitrogen and oxygen atoms in total. The summed E-state index contributed by atoms with van der Waals surface area (Å²) in [7, 11) is 0. The number of carbonyl (C=O) groups is 2. The molecule has 1 aromatic carbocycles. The molecule has 1 atom stereocenters. The second kappa shape index (κ2) is 6.51. The maximum absolute atomic E-state index is 12.3. The van der Waals surface area contributed by atoms with E-state index in [2.05, 4.69) is 28.3 Å². The summed E-state index contributed by atoms with van der Waals surface area (Å²) in [5, 5.41) is 2.86. The summed E-state index contributed by atoms with van der Waals surface area (Å²) >= 11 is 0. The summed E-state index contributed by atoms with van der Waals surface area (Å²) < 4.78 is 0. The van der Waals surface area contributed by atoms with Gasteiger partial charge in [0.25, 0.3) is 0 Å². The molecule has 7 heteroatoms. The number of aromatic nitrogens is 2. The fourth-order valence-corrected chi connectivity index (χ4v) is 3.11. The molecule has 1 unspecified atom stereocenters. The lowest BCUT2D eigenvalue weighted by Gasteiger charge is -2.31. The number of nitrogens with zero attached hydrogens (tertiary/aromatic N) is 2. The molecule has 0 saturated carbocycles. The average Bonchev–Trinajstić information content (AvgIpc) is 3.00. The van der Waals surface area contributed by atoms with E-state index in [9.17, 15) is 9.59 Å². The maximum atomic E-state index is 12.3. The molecule has 0 radical (unpaired) electrons. The van der Waals surface area contributed by atoms with Gasteiger partial charge in [-0.2, -0.15) is 0 Å². The first-order valence-electron chi connectivity index (χ1n) is 8.22. The minimum Gasteiger partial charge on any atom is -0.369 e. The Bertz CT molecular complexity index is 783. The smallest absolute Gasteiger partial charge is 0.317 e. The third-order valence-electron chi connectivity index (χ3n) is 4.75. The number of piperidine rings is 1. The Kier molecular flexibility index (Phi) is 4.42. The van der Waals surface area contributed by atoms with Crippen molar-refractivity contribution < 1.29 is 9.59 Å². The van der Waals surface area contributed by atoms with Crippen molar-refractivity contribution in [1.29, 1.82) is 0 Å². The summed E-state index contributed by atoms with van der Waals surface area (Å²) in [4.78, 5) is 33.1. The zero-order chi connectivity index (χ0) is 17.3. The van der Waals surface area contributed by atoms with Crippen LogP contribution in [0.2, 0.25) is 0 Å². The molecule has 1 saturated heterocycles. The number of hydrogen-bond donors (Lipinski definition) is 3. The summed E-state index contributed by atoms with van der Waals surface area (Å²) in [6.07, 6.45) is 1.55. The van der Waals surface area contributed by atoms with Crippen LogP contribution >= 0.6 is 0 Å². The van der Waals surface area contributed by atoms with E-state index in [4.69, 9.17) is 5.73 Å². The third-order valence-corrected chi connectivity index (χ3v) is 4.75. The minimum absolute atomic E-state index is 0.186. The summed E-state index contributed by atoms with van der Waals surface area (Å²) in [6, 6.07) is 3.86. The van der Waals surface area contributed by atoms with Crippen LogP contribution in [0.1, 0.15) is 29.8 Å². The molecule has 0 bridgehead atoms. The standard InChI is InChI=1S/C17H23N5O2/c1-10-5-6-13-15(11(10)2)21-14(20-13)8-19-17(24)22-7-3-4-12(9-22)16(18)23/h5-6,12H,3-4,7-9H2,1-2H3,(H2,18,23)(H,19,24)(H,20,21). The van der Waals surface area contributed by atoms with Crippen molar-refractivity contribution in [3.63, 3.8) is 0 Å². The fraction of sp³-hybridized carbons (Fsp3) is 0.471. The molecule has 2 heterocycles. The SMILES string of the molecule is Cc1ccc2[nH]c(CNC(=O)N3CCCC(C(N)=O)C3)nc2c1C. The largest absolute Gasteiger partial charge is 0.369 e. The number of fused-ring (bicyclic) bond motifs is 1. The van der Waals surface area contributed by atoms with Gasteiger partial charge in [-0.3, -0.25) is 4.79 Å². The van der Waals surface area contributed by atoms with Gasteiger partial charge in [0.05, 0.1) is 23.5 Å². The second-order valence-electron chi connectivity index (χ2n) is 6.43. The van der Waals surface area contributed by atoms with Crippen molar-refractivity contribution in [2.75, 3.05) is 13.1 Å². The van der Waals surface area contributed by atoms with Crippen LogP contribution in [0.5, 0.6) is 0 Å². The van der Waals surface area contributed by atoms with Gasteiger partial charge in [0.2, 0.25) is 5.91 Å². The van der Waals surface area contributed by atoms with Crippen LogP contribution in [0, 0.1) is 19.8 Å². The Morgan fingerprint density at radius 2 is 2.21 bits per heavy atom. The predicted molar refractivity (Wildman–Crippen MR) is 91.3 cm³/mol. The van der Waals surface area contributed by atoms with E-state index < -0.39 is 0 Å². The number of amides is 3. The average molecular weight is 329 g/mol. The Morgan fingerprint density at radius 3 is 2.96 bits per heavy atom. The molecule has 1 aliphatic heterocycles. The monoisotopic (exact) mass is 329 g/mol. The van der Waals surface area contributed by atoms with Crippen molar-refractivity contribution in [2.45, 2.75) is 33.2 Å². The Labute approximate surface area is 140 Å². The number of aromatic amines is 1. The van der Waals surface area contributed by atoms with Crippen molar-refractivity contribution in [1.82, 2.24) is 20.2 Å². The molecular formula is C17H23N5O2.